The Bertz CT molecular complexity index is 1460. The Hall–Kier alpha value is -4.64. The molecule has 0 radical (unpaired) electrons. The Balaban J connectivity index is 1.81. The molecule has 1 aromatic heterocycles. The van der Waals surface area contributed by atoms with E-state index in [0.717, 1.165) is 0 Å². The molecule has 0 atom stereocenters. The van der Waals surface area contributed by atoms with E-state index in [0.29, 0.717) is 34.2 Å². The molecule has 2 N–H and O–H groups in total. The molecule has 1 amide bonds. The summed E-state index contributed by atoms with van der Waals surface area (Å²) in [5.74, 6) is -1.36. The van der Waals surface area contributed by atoms with Crippen molar-refractivity contribution in [2.75, 3.05) is 26.6 Å². The minimum atomic E-state index is -1.09. The summed E-state index contributed by atoms with van der Waals surface area (Å²) in [5, 5.41) is 15.9. The minimum absolute atomic E-state index is 0.0678. The minimum Gasteiger partial charge on any atom is -0.493 e. The van der Waals surface area contributed by atoms with Gasteiger partial charge in [-0.15, -0.1) is 5.10 Å². The van der Waals surface area contributed by atoms with Gasteiger partial charge in [0.15, 0.2) is 17.3 Å². The number of aromatic nitrogens is 3. The average Bonchev–Trinajstić information content (AvgIpc) is 3.35. The van der Waals surface area contributed by atoms with Gasteiger partial charge in [0.05, 0.1) is 37.6 Å². The van der Waals surface area contributed by atoms with Gasteiger partial charge in [0, 0.05) is 11.3 Å². The van der Waals surface area contributed by atoms with Crippen molar-refractivity contribution < 1.29 is 33.3 Å². The zero-order valence-electron chi connectivity index (χ0n) is 19.8. The van der Waals surface area contributed by atoms with Crippen LogP contribution in [-0.4, -0.2) is 53.1 Å². The van der Waals surface area contributed by atoms with Crippen LogP contribution in [0, 0.1) is 5.82 Å². The van der Waals surface area contributed by atoms with Crippen LogP contribution >= 0.6 is 11.6 Å². The molecule has 10 nitrogen and oxygen atoms in total. The van der Waals surface area contributed by atoms with E-state index in [1.165, 1.54) is 68.5 Å². The van der Waals surface area contributed by atoms with Crippen LogP contribution in [0.4, 0.5) is 10.1 Å². The zero-order chi connectivity index (χ0) is 26.7. The molecular weight excluding hydrogens is 507 g/mol. The molecule has 0 fully saturated rings. The maximum Gasteiger partial charge on any atom is 0.335 e. The van der Waals surface area contributed by atoms with Crippen molar-refractivity contribution in [3.63, 3.8) is 0 Å². The number of benzene rings is 3. The molecular formula is C25H20ClFN4O6. The van der Waals surface area contributed by atoms with Crippen molar-refractivity contribution in [2.45, 2.75) is 0 Å². The fourth-order valence-electron chi connectivity index (χ4n) is 3.49. The molecule has 0 bridgehead atoms. The van der Waals surface area contributed by atoms with Gasteiger partial charge in [0.25, 0.3) is 5.91 Å². The van der Waals surface area contributed by atoms with Crippen LogP contribution in [-0.2, 0) is 0 Å². The first kappa shape index (κ1) is 25.5. The van der Waals surface area contributed by atoms with Crippen molar-refractivity contribution >= 4 is 29.2 Å². The van der Waals surface area contributed by atoms with Crippen molar-refractivity contribution in [2.24, 2.45) is 0 Å². The standard InChI is InChI=1S/C25H20ClFN4O6/c1-35-19-10-14(11-20(36-2)21(19)37-3)23-29-22(30-31(23)16-8-9-18(27)17(26)12-16)24(32)28-15-6-4-13(5-7-15)25(33)34/h4-12H,1-3H3,(H,28,32)(H,33,34). The number of ether oxygens (including phenoxy) is 3. The third-order valence-corrected chi connectivity index (χ3v) is 5.56. The number of carboxylic acid groups (broad SMARTS) is 1. The average molecular weight is 527 g/mol. The van der Waals surface area contributed by atoms with Crippen LogP contribution in [0.5, 0.6) is 17.2 Å². The third-order valence-electron chi connectivity index (χ3n) is 5.27. The molecule has 0 saturated carbocycles. The second kappa shape index (κ2) is 10.5. The number of nitrogens with zero attached hydrogens (tertiary/aromatic N) is 3. The van der Waals surface area contributed by atoms with Crippen LogP contribution in [0.25, 0.3) is 17.1 Å². The van der Waals surface area contributed by atoms with Gasteiger partial charge in [0.1, 0.15) is 5.82 Å². The second-order valence-corrected chi connectivity index (χ2v) is 7.93. The van der Waals surface area contributed by atoms with Gasteiger partial charge < -0.3 is 24.6 Å². The van der Waals surface area contributed by atoms with Gasteiger partial charge >= 0.3 is 5.97 Å². The number of aromatic carboxylic acids is 1. The highest BCUT2D eigenvalue weighted by molar-refractivity contribution is 6.30. The van der Waals surface area contributed by atoms with Gasteiger partial charge in [-0.2, -0.15) is 0 Å². The normalized spacial score (nSPS) is 10.6. The molecule has 0 aliphatic heterocycles. The van der Waals surface area contributed by atoms with E-state index in [9.17, 15) is 14.0 Å². The number of rotatable bonds is 8. The summed E-state index contributed by atoms with van der Waals surface area (Å²) in [7, 11) is 4.38. The Kier molecular flexibility index (Phi) is 7.25. The number of methoxy groups -OCH3 is 3. The van der Waals surface area contributed by atoms with Crippen LogP contribution in [0.3, 0.4) is 0 Å². The molecule has 37 heavy (non-hydrogen) atoms. The highest BCUT2D eigenvalue weighted by Crippen LogP contribution is 2.41. The van der Waals surface area contributed by atoms with E-state index in [2.05, 4.69) is 15.4 Å². The number of carbonyl (C=O) groups excluding carboxylic acids is 1. The van der Waals surface area contributed by atoms with E-state index in [1.807, 2.05) is 0 Å². The lowest BCUT2D eigenvalue weighted by atomic mass is 10.1. The first-order chi connectivity index (χ1) is 17.7. The molecule has 0 aliphatic rings. The predicted molar refractivity (Wildman–Crippen MR) is 133 cm³/mol. The van der Waals surface area contributed by atoms with E-state index in [4.69, 9.17) is 30.9 Å². The molecule has 4 rings (SSSR count). The molecule has 0 saturated heterocycles. The summed E-state index contributed by atoms with van der Waals surface area (Å²) >= 11 is 5.99. The first-order valence-electron chi connectivity index (χ1n) is 10.6. The van der Waals surface area contributed by atoms with E-state index in [1.54, 1.807) is 12.1 Å². The Morgan fingerprint density at radius 2 is 1.62 bits per heavy atom. The van der Waals surface area contributed by atoms with Gasteiger partial charge in [-0.25, -0.2) is 18.9 Å². The summed E-state index contributed by atoms with van der Waals surface area (Å²) in [4.78, 5) is 28.5. The van der Waals surface area contributed by atoms with Crippen molar-refractivity contribution in [1.82, 2.24) is 14.8 Å². The molecule has 190 valence electrons. The number of nitrogens with one attached hydrogen (secondary N) is 1. The van der Waals surface area contributed by atoms with Gasteiger partial charge in [-0.05, 0) is 54.6 Å². The summed E-state index contributed by atoms with van der Waals surface area (Å²) in [6.45, 7) is 0. The SMILES string of the molecule is COc1cc(-c2nc(C(=O)Nc3ccc(C(=O)O)cc3)nn2-c2ccc(F)c(Cl)c2)cc(OC)c1OC. The summed E-state index contributed by atoms with van der Waals surface area (Å²) in [5.41, 5.74) is 1.20. The lowest BCUT2D eigenvalue weighted by Crippen LogP contribution is -2.14. The summed E-state index contributed by atoms with van der Waals surface area (Å²) < 4.78 is 31.4. The van der Waals surface area contributed by atoms with E-state index >= 15 is 0 Å². The van der Waals surface area contributed by atoms with Gasteiger partial charge in [-0.3, -0.25) is 4.79 Å². The van der Waals surface area contributed by atoms with Crippen LogP contribution in [0.1, 0.15) is 21.0 Å². The largest absolute Gasteiger partial charge is 0.493 e. The zero-order valence-corrected chi connectivity index (χ0v) is 20.5. The number of amides is 1. The monoisotopic (exact) mass is 526 g/mol. The quantitative estimate of drug-likeness (QED) is 0.338. The van der Waals surface area contributed by atoms with Crippen LogP contribution < -0.4 is 19.5 Å². The van der Waals surface area contributed by atoms with E-state index < -0.39 is 17.7 Å². The number of carbonyl (C=O) groups is 2. The summed E-state index contributed by atoms with van der Waals surface area (Å²) in [6, 6.07) is 12.8. The highest BCUT2D eigenvalue weighted by atomic mass is 35.5. The van der Waals surface area contributed by atoms with Gasteiger partial charge in [0.2, 0.25) is 11.6 Å². The van der Waals surface area contributed by atoms with Crippen LogP contribution in [0.2, 0.25) is 5.02 Å². The molecule has 12 heteroatoms. The Morgan fingerprint density at radius 3 is 2.16 bits per heavy atom. The second-order valence-electron chi connectivity index (χ2n) is 7.52. The molecule has 3 aromatic carbocycles. The predicted octanol–water partition coefficient (Wildman–Crippen LogP) is 4.70. The number of halogens is 2. The van der Waals surface area contributed by atoms with E-state index in [-0.39, 0.29) is 22.2 Å². The van der Waals surface area contributed by atoms with Crippen molar-refractivity contribution in [3.05, 3.63) is 76.8 Å². The third kappa shape index (κ3) is 5.16. The maximum atomic E-state index is 13.8. The lowest BCUT2D eigenvalue weighted by Gasteiger charge is -2.14. The Labute approximate surface area is 215 Å². The van der Waals surface area contributed by atoms with Crippen LogP contribution in [0.15, 0.2) is 54.6 Å². The number of carboxylic acids is 1. The first-order valence-corrected chi connectivity index (χ1v) is 11.0. The fourth-order valence-corrected chi connectivity index (χ4v) is 3.66. The Morgan fingerprint density at radius 1 is 0.973 bits per heavy atom. The molecule has 0 unspecified atom stereocenters. The number of anilines is 1. The molecule has 0 spiro atoms. The maximum absolute atomic E-state index is 13.8. The summed E-state index contributed by atoms with van der Waals surface area (Å²) in [6.07, 6.45) is 0. The van der Waals surface area contributed by atoms with Crippen molar-refractivity contribution in [3.8, 4) is 34.3 Å². The topological polar surface area (TPSA) is 125 Å². The van der Waals surface area contributed by atoms with Gasteiger partial charge in [-0.1, -0.05) is 11.6 Å². The molecule has 0 aliphatic carbocycles. The number of hydrogen-bond donors (Lipinski definition) is 2. The highest BCUT2D eigenvalue weighted by Gasteiger charge is 2.23. The van der Waals surface area contributed by atoms with Crippen molar-refractivity contribution in [1.29, 1.82) is 0 Å². The molecule has 4 aromatic rings. The fraction of sp³-hybridized carbons (Fsp3) is 0.120. The smallest absolute Gasteiger partial charge is 0.335 e. The molecule has 1 heterocycles. The lowest BCUT2D eigenvalue weighted by molar-refractivity contribution is 0.0696. The number of hydrogen-bond acceptors (Lipinski definition) is 7.